The number of H-pyrrole nitrogens is 1. The van der Waals surface area contributed by atoms with E-state index in [2.05, 4.69) is 79.1 Å². The zero-order valence-electron chi connectivity index (χ0n) is 20.3. The van der Waals surface area contributed by atoms with Crippen LogP contribution in [0.3, 0.4) is 0 Å². The zero-order chi connectivity index (χ0) is 23.6. The van der Waals surface area contributed by atoms with E-state index in [0.717, 1.165) is 27.9 Å². The van der Waals surface area contributed by atoms with Gasteiger partial charge in [-0.3, -0.25) is 9.69 Å². The summed E-state index contributed by atoms with van der Waals surface area (Å²) in [5.74, 6) is 0.971. The molecule has 32 heavy (non-hydrogen) atoms. The van der Waals surface area contributed by atoms with Crippen LogP contribution in [0.15, 0.2) is 23.0 Å². The summed E-state index contributed by atoms with van der Waals surface area (Å²) in [7, 11) is 0. The van der Waals surface area contributed by atoms with Crippen LogP contribution in [0.1, 0.15) is 69.6 Å². The molecule has 2 aromatic heterocycles. The highest BCUT2D eigenvalue weighted by atomic mass is 16.3. The molecule has 1 aromatic carbocycles. The van der Waals surface area contributed by atoms with Crippen molar-refractivity contribution >= 4 is 10.9 Å². The van der Waals surface area contributed by atoms with E-state index in [1.807, 2.05) is 17.7 Å². The molecule has 174 valence electrons. The molecule has 8 heteroatoms. The van der Waals surface area contributed by atoms with Crippen LogP contribution in [0.4, 0.5) is 0 Å². The van der Waals surface area contributed by atoms with Crippen molar-refractivity contribution in [1.29, 1.82) is 0 Å². The number of fused-ring (bicyclic) bond motifs is 1. The normalized spacial score (nSPS) is 13.4. The molecule has 0 amide bonds. The number of benzene rings is 1. The molecular formula is C24H36N6O2. The molecule has 0 saturated heterocycles. The lowest BCUT2D eigenvalue weighted by Gasteiger charge is -2.35. The van der Waals surface area contributed by atoms with Crippen LogP contribution in [0.2, 0.25) is 0 Å². The van der Waals surface area contributed by atoms with Gasteiger partial charge in [-0.1, -0.05) is 25.5 Å². The van der Waals surface area contributed by atoms with E-state index in [4.69, 9.17) is 0 Å². The molecule has 0 bridgehead atoms. The number of tetrazole rings is 1. The van der Waals surface area contributed by atoms with Gasteiger partial charge in [-0.2, -0.15) is 0 Å². The molecule has 8 nitrogen and oxygen atoms in total. The highest BCUT2D eigenvalue weighted by Crippen LogP contribution is 2.31. The van der Waals surface area contributed by atoms with Gasteiger partial charge in [0.1, 0.15) is 0 Å². The number of aryl methyl sites for hydroxylation is 2. The van der Waals surface area contributed by atoms with Gasteiger partial charge in [-0.15, -0.1) is 5.10 Å². The smallest absolute Gasteiger partial charge is 0.252 e. The van der Waals surface area contributed by atoms with Crippen molar-refractivity contribution in [2.45, 2.75) is 73.0 Å². The number of rotatable bonds is 8. The zero-order valence-corrected chi connectivity index (χ0v) is 20.3. The molecule has 0 radical (unpaired) electrons. The Morgan fingerprint density at radius 2 is 1.91 bits per heavy atom. The Hall–Kier alpha value is -2.58. The third kappa shape index (κ3) is 5.07. The van der Waals surface area contributed by atoms with E-state index in [1.54, 1.807) is 0 Å². The Morgan fingerprint density at radius 1 is 1.19 bits per heavy atom. The second-order valence-electron chi connectivity index (χ2n) is 10.0. The monoisotopic (exact) mass is 440 g/mol. The van der Waals surface area contributed by atoms with E-state index in [0.29, 0.717) is 25.1 Å². The topological polar surface area (TPSA) is 99.9 Å². The number of aliphatic hydroxyl groups is 1. The molecule has 0 spiro atoms. The third-order valence-corrected chi connectivity index (χ3v) is 5.77. The second kappa shape index (κ2) is 9.50. The van der Waals surface area contributed by atoms with Gasteiger partial charge in [0.25, 0.3) is 5.56 Å². The number of aliphatic hydroxyl groups excluding tert-OH is 1. The average Bonchev–Trinajstić information content (AvgIpc) is 3.16. The molecule has 3 aromatic rings. The van der Waals surface area contributed by atoms with Crippen LogP contribution < -0.4 is 5.56 Å². The molecule has 0 aliphatic carbocycles. The van der Waals surface area contributed by atoms with E-state index in [9.17, 15) is 9.90 Å². The summed E-state index contributed by atoms with van der Waals surface area (Å²) in [6, 6.07) is 6.06. The molecule has 0 saturated carbocycles. The van der Waals surface area contributed by atoms with Crippen molar-refractivity contribution < 1.29 is 5.11 Å². The van der Waals surface area contributed by atoms with Gasteiger partial charge in [0, 0.05) is 25.3 Å². The van der Waals surface area contributed by atoms with Crippen molar-refractivity contribution in [2.24, 2.45) is 5.92 Å². The minimum atomic E-state index is -0.274. The highest BCUT2D eigenvalue weighted by Gasteiger charge is 2.32. The molecule has 2 heterocycles. The lowest BCUT2D eigenvalue weighted by molar-refractivity contribution is 0.116. The molecule has 0 aliphatic rings. The Bertz CT molecular complexity index is 1130. The Balaban J connectivity index is 2.07. The van der Waals surface area contributed by atoms with Crippen LogP contribution in [-0.2, 0) is 12.1 Å². The van der Waals surface area contributed by atoms with Crippen LogP contribution >= 0.6 is 0 Å². The summed E-state index contributed by atoms with van der Waals surface area (Å²) in [4.78, 5) is 18.3. The fourth-order valence-corrected chi connectivity index (χ4v) is 4.40. The van der Waals surface area contributed by atoms with Crippen molar-refractivity contribution in [1.82, 2.24) is 30.1 Å². The van der Waals surface area contributed by atoms with Crippen molar-refractivity contribution in [3.8, 4) is 0 Å². The number of pyridine rings is 1. The predicted molar refractivity (Wildman–Crippen MR) is 127 cm³/mol. The van der Waals surface area contributed by atoms with E-state index >= 15 is 0 Å². The summed E-state index contributed by atoms with van der Waals surface area (Å²) in [5.41, 5.74) is 3.43. The van der Waals surface area contributed by atoms with Gasteiger partial charge in [0.15, 0.2) is 5.82 Å². The summed E-state index contributed by atoms with van der Waals surface area (Å²) in [6.45, 7) is 15.7. The van der Waals surface area contributed by atoms with Crippen molar-refractivity contribution in [3.63, 3.8) is 0 Å². The highest BCUT2D eigenvalue weighted by molar-refractivity contribution is 5.82. The van der Waals surface area contributed by atoms with Crippen LogP contribution in [0.25, 0.3) is 10.9 Å². The summed E-state index contributed by atoms with van der Waals surface area (Å²) in [6.07, 6.45) is 0.601. The second-order valence-corrected chi connectivity index (χ2v) is 10.0. The first-order chi connectivity index (χ1) is 15.0. The summed E-state index contributed by atoms with van der Waals surface area (Å²) in [5, 5.41) is 23.2. The van der Waals surface area contributed by atoms with Gasteiger partial charge in [0.05, 0.1) is 17.1 Å². The predicted octanol–water partition coefficient (Wildman–Crippen LogP) is 3.47. The van der Waals surface area contributed by atoms with E-state index in [1.165, 1.54) is 0 Å². The summed E-state index contributed by atoms with van der Waals surface area (Å²) < 4.78 is 1.86. The minimum absolute atomic E-state index is 0.0813. The van der Waals surface area contributed by atoms with Gasteiger partial charge < -0.3 is 10.1 Å². The van der Waals surface area contributed by atoms with Crippen LogP contribution in [-0.4, -0.2) is 48.3 Å². The Labute approximate surface area is 189 Å². The summed E-state index contributed by atoms with van der Waals surface area (Å²) >= 11 is 0. The standard InChI is InChI=1S/C24H36N6O2/c1-15(2)21(22-26-27-28-30(22)24(5,6)7)29(9-8-10-31)14-19-13-18-12-16(3)11-17(4)20(18)25-23(19)32/h11-13,15,21,31H,8-10,14H2,1-7H3,(H,25,32)/t21-/m0/s1. The van der Waals surface area contributed by atoms with Crippen molar-refractivity contribution in [3.05, 3.63) is 51.1 Å². The molecule has 0 unspecified atom stereocenters. The molecular weight excluding hydrogens is 404 g/mol. The minimum Gasteiger partial charge on any atom is -0.396 e. The fourth-order valence-electron chi connectivity index (χ4n) is 4.40. The first-order valence-electron chi connectivity index (χ1n) is 11.3. The number of hydrogen-bond donors (Lipinski definition) is 2. The van der Waals surface area contributed by atoms with Crippen LogP contribution in [0, 0.1) is 19.8 Å². The lowest BCUT2D eigenvalue weighted by atomic mass is 9.98. The average molecular weight is 441 g/mol. The number of nitrogens with zero attached hydrogens (tertiary/aromatic N) is 5. The quantitative estimate of drug-likeness (QED) is 0.556. The van der Waals surface area contributed by atoms with E-state index < -0.39 is 0 Å². The number of hydrogen-bond acceptors (Lipinski definition) is 6. The number of aromatic nitrogens is 5. The van der Waals surface area contributed by atoms with E-state index in [-0.39, 0.29) is 29.7 Å². The maximum absolute atomic E-state index is 13.0. The fraction of sp³-hybridized carbons (Fsp3) is 0.583. The number of aromatic amines is 1. The molecule has 0 aliphatic heterocycles. The first kappa shape index (κ1) is 24.1. The Morgan fingerprint density at radius 3 is 2.53 bits per heavy atom. The van der Waals surface area contributed by atoms with Gasteiger partial charge in [-0.25, -0.2) is 4.68 Å². The van der Waals surface area contributed by atoms with Crippen LogP contribution in [0.5, 0.6) is 0 Å². The van der Waals surface area contributed by atoms with Crippen molar-refractivity contribution in [2.75, 3.05) is 13.2 Å². The molecule has 3 rings (SSSR count). The maximum Gasteiger partial charge on any atom is 0.252 e. The van der Waals surface area contributed by atoms with Gasteiger partial charge >= 0.3 is 0 Å². The maximum atomic E-state index is 13.0. The lowest BCUT2D eigenvalue weighted by Crippen LogP contribution is -2.38. The Kier molecular flexibility index (Phi) is 7.15. The van der Waals surface area contributed by atoms with Gasteiger partial charge in [-0.05, 0) is 80.5 Å². The molecule has 0 fully saturated rings. The molecule has 2 N–H and O–H groups in total. The molecule has 1 atom stereocenters. The first-order valence-corrected chi connectivity index (χ1v) is 11.3. The third-order valence-electron chi connectivity index (χ3n) is 5.77. The number of nitrogens with one attached hydrogen (secondary N) is 1. The largest absolute Gasteiger partial charge is 0.396 e. The van der Waals surface area contributed by atoms with Gasteiger partial charge in [0.2, 0.25) is 0 Å². The SMILES string of the molecule is Cc1cc(C)c2[nH]c(=O)c(CN(CCCO)[C@H](c3nnnn3C(C)(C)C)C(C)C)cc2c1.